The minimum atomic E-state index is 0.177. The van der Waals surface area contributed by atoms with Gasteiger partial charge in [-0.3, -0.25) is 14.7 Å². The smallest absolute Gasteiger partial charge is 0.224 e. The number of nitrogens with one attached hydrogen (secondary N) is 2. The average Bonchev–Trinajstić information content (AvgIpc) is 3.29. The molecule has 2 rings (SSSR count). The van der Waals surface area contributed by atoms with Crippen LogP contribution in [0.4, 0.5) is 0 Å². The molecule has 1 unspecified atom stereocenters. The van der Waals surface area contributed by atoms with Gasteiger partial charge in [0.15, 0.2) is 5.96 Å². The standard InChI is InChI=1S/C23H39N5O2/c1-5-24-23(25-15-14-22(29)27(6-2)7-3)26-18-21(28-16-8-9-17-28)19-10-12-20(30-4)13-11-19/h10-13,21H,5-9,14-18H2,1-4H3,(H2,24,25,26). The zero-order valence-corrected chi connectivity index (χ0v) is 19.1. The Morgan fingerprint density at radius 1 is 1.13 bits per heavy atom. The maximum absolute atomic E-state index is 12.2. The van der Waals surface area contributed by atoms with E-state index in [-0.39, 0.29) is 11.9 Å². The number of guanidine groups is 1. The number of benzene rings is 1. The fourth-order valence-corrected chi connectivity index (χ4v) is 3.85. The van der Waals surface area contributed by atoms with Gasteiger partial charge in [-0.15, -0.1) is 0 Å². The Bertz CT molecular complexity index is 652. The van der Waals surface area contributed by atoms with Gasteiger partial charge < -0.3 is 20.3 Å². The van der Waals surface area contributed by atoms with Crippen LogP contribution in [0.15, 0.2) is 29.3 Å². The Kier molecular flexibility index (Phi) is 10.5. The van der Waals surface area contributed by atoms with Crippen molar-refractivity contribution in [1.29, 1.82) is 0 Å². The molecule has 0 saturated carbocycles. The summed E-state index contributed by atoms with van der Waals surface area (Å²) in [6, 6.07) is 8.56. The van der Waals surface area contributed by atoms with Crippen LogP contribution < -0.4 is 15.4 Å². The van der Waals surface area contributed by atoms with Gasteiger partial charge >= 0.3 is 0 Å². The molecular weight excluding hydrogens is 378 g/mol. The van der Waals surface area contributed by atoms with Gasteiger partial charge in [-0.05, 0) is 64.4 Å². The van der Waals surface area contributed by atoms with E-state index < -0.39 is 0 Å². The molecule has 1 atom stereocenters. The van der Waals surface area contributed by atoms with E-state index >= 15 is 0 Å². The molecule has 1 aromatic carbocycles. The van der Waals surface area contributed by atoms with Gasteiger partial charge in [-0.2, -0.15) is 0 Å². The molecule has 0 bridgehead atoms. The SMILES string of the molecule is CCNC(=NCC(c1ccc(OC)cc1)N1CCCC1)NCCC(=O)N(CC)CC. The van der Waals surface area contributed by atoms with Gasteiger partial charge in [-0.25, -0.2) is 0 Å². The molecule has 0 spiro atoms. The van der Waals surface area contributed by atoms with E-state index in [1.807, 2.05) is 30.9 Å². The van der Waals surface area contributed by atoms with E-state index in [0.29, 0.717) is 19.5 Å². The third kappa shape index (κ3) is 7.20. The highest BCUT2D eigenvalue weighted by Gasteiger charge is 2.23. The van der Waals surface area contributed by atoms with Gasteiger partial charge in [0.2, 0.25) is 5.91 Å². The summed E-state index contributed by atoms with van der Waals surface area (Å²) in [6.45, 7) is 11.8. The van der Waals surface area contributed by atoms with E-state index in [4.69, 9.17) is 9.73 Å². The van der Waals surface area contributed by atoms with Gasteiger partial charge in [0.1, 0.15) is 5.75 Å². The van der Waals surface area contributed by atoms with Crippen molar-refractivity contribution < 1.29 is 9.53 Å². The molecule has 1 aliphatic heterocycles. The van der Waals surface area contributed by atoms with Crippen molar-refractivity contribution in [2.24, 2.45) is 4.99 Å². The second-order valence-electron chi connectivity index (χ2n) is 7.49. The normalized spacial score (nSPS) is 15.7. The average molecular weight is 418 g/mol. The number of aliphatic imine (C=N–C) groups is 1. The minimum absolute atomic E-state index is 0.177. The molecule has 0 aromatic heterocycles. The summed E-state index contributed by atoms with van der Waals surface area (Å²) in [5.41, 5.74) is 1.26. The van der Waals surface area contributed by atoms with Crippen LogP contribution in [0.25, 0.3) is 0 Å². The lowest BCUT2D eigenvalue weighted by atomic mass is 10.1. The fraction of sp³-hybridized carbons (Fsp3) is 0.652. The molecule has 0 aliphatic carbocycles. The maximum atomic E-state index is 12.2. The van der Waals surface area contributed by atoms with Crippen LogP contribution >= 0.6 is 0 Å². The molecule has 1 fully saturated rings. The molecule has 1 amide bonds. The summed E-state index contributed by atoms with van der Waals surface area (Å²) in [6.07, 6.45) is 2.95. The molecule has 1 aliphatic rings. The fourth-order valence-electron chi connectivity index (χ4n) is 3.85. The predicted molar refractivity (Wildman–Crippen MR) is 123 cm³/mol. The molecule has 7 heteroatoms. The number of amides is 1. The number of carbonyl (C=O) groups excluding carboxylic acids is 1. The van der Waals surface area contributed by atoms with Crippen molar-refractivity contribution in [2.75, 3.05) is 52.9 Å². The largest absolute Gasteiger partial charge is 0.497 e. The molecule has 2 N–H and O–H groups in total. The van der Waals surface area contributed by atoms with Crippen molar-refractivity contribution in [3.05, 3.63) is 29.8 Å². The molecule has 168 valence electrons. The van der Waals surface area contributed by atoms with Crippen LogP contribution in [-0.4, -0.2) is 74.6 Å². The van der Waals surface area contributed by atoms with Gasteiger partial charge in [-0.1, -0.05) is 12.1 Å². The Morgan fingerprint density at radius 3 is 2.37 bits per heavy atom. The zero-order chi connectivity index (χ0) is 21.8. The first-order valence-electron chi connectivity index (χ1n) is 11.3. The number of methoxy groups -OCH3 is 1. The van der Waals surface area contributed by atoms with Gasteiger partial charge in [0, 0.05) is 32.6 Å². The van der Waals surface area contributed by atoms with E-state index in [9.17, 15) is 4.79 Å². The second-order valence-corrected chi connectivity index (χ2v) is 7.49. The predicted octanol–water partition coefficient (Wildman–Crippen LogP) is 2.65. The summed E-state index contributed by atoms with van der Waals surface area (Å²) in [5.74, 6) is 1.81. The summed E-state index contributed by atoms with van der Waals surface area (Å²) < 4.78 is 5.31. The lowest BCUT2D eigenvalue weighted by molar-refractivity contribution is -0.130. The Balaban J connectivity index is 2.02. The number of hydrogen-bond donors (Lipinski definition) is 2. The van der Waals surface area contributed by atoms with Crippen molar-refractivity contribution in [3.63, 3.8) is 0 Å². The molecule has 0 radical (unpaired) electrons. The summed E-state index contributed by atoms with van der Waals surface area (Å²) in [7, 11) is 1.69. The molecule has 1 saturated heterocycles. The Labute approximate surface area is 181 Å². The van der Waals surface area contributed by atoms with E-state index in [0.717, 1.165) is 44.4 Å². The highest BCUT2D eigenvalue weighted by molar-refractivity contribution is 5.81. The highest BCUT2D eigenvalue weighted by Crippen LogP contribution is 2.27. The van der Waals surface area contributed by atoms with Crippen LogP contribution in [0.2, 0.25) is 0 Å². The first kappa shape index (κ1) is 24.0. The topological polar surface area (TPSA) is 69.2 Å². The maximum Gasteiger partial charge on any atom is 0.224 e. The van der Waals surface area contributed by atoms with E-state index in [1.54, 1.807) is 7.11 Å². The van der Waals surface area contributed by atoms with Gasteiger partial charge in [0.25, 0.3) is 0 Å². The van der Waals surface area contributed by atoms with E-state index in [1.165, 1.54) is 18.4 Å². The number of likely N-dealkylation sites (tertiary alicyclic amines) is 1. The van der Waals surface area contributed by atoms with Crippen LogP contribution in [0.5, 0.6) is 5.75 Å². The molecule has 7 nitrogen and oxygen atoms in total. The third-order valence-electron chi connectivity index (χ3n) is 5.60. The summed E-state index contributed by atoms with van der Waals surface area (Å²) >= 11 is 0. The quantitative estimate of drug-likeness (QED) is 0.428. The number of carbonyl (C=O) groups is 1. The summed E-state index contributed by atoms with van der Waals surface area (Å²) in [5, 5.41) is 6.63. The third-order valence-corrected chi connectivity index (χ3v) is 5.60. The monoisotopic (exact) mass is 417 g/mol. The second kappa shape index (κ2) is 13.1. The van der Waals surface area contributed by atoms with Crippen LogP contribution in [0.1, 0.15) is 51.6 Å². The molecular formula is C23H39N5O2. The number of nitrogens with zero attached hydrogens (tertiary/aromatic N) is 3. The lowest BCUT2D eigenvalue weighted by Gasteiger charge is -2.27. The van der Waals surface area contributed by atoms with Crippen LogP contribution in [-0.2, 0) is 4.79 Å². The Morgan fingerprint density at radius 2 is 1.80 bits per heavy atom. The Hall–Kier alpha value is -2.28. The number of hydrogen-bond acceptors (Lipinski definition) is 4. The van der Waals surface area contributed by atoms with Crippen LogP contribution in [0, 0.1) is 0 Å². The van der Waals surface area contributed by atoms with Crippen LogP contribution in [0.3, 0.4) is 0 Å². The zero-order valence-electron chi connectivity index (χ0n) is 19.1. The number of rotatable bonds is 11. The highest BCUT2D eigenvalue weighted by atomic mass is 16.5. The molecule has 1 aromatic rings. The van der Waals surface area contributed by atoms with Gasteiger partial charge in [0.05, 0.1) is 19.7 Å². The van der Waals surface area contributed by atoms with Crippen molar-refractivity contribution in [1.82, 2.24) is 20.4 Å². The van der Waals surface area contributed by atoms with Crippen molar-refractivity contribution in [2.45, 2.75) is 46.1 Å². The number of ether oxygens (including phenoxy) is 1. The summed E-state index contributed by atoms with van der Waals surface area (Å²) in [4.78, 5) is 21.5. The first-order chi connectivity index (χ1) is 14.6. The van der Waals surface area contributed by atoms with Crippen molar-refractivity contribution >= 4 is 11.9 Å². The minimum Gasteiger partial charge on any atom is -0.497 e. The first-order valence-corrected chi connectivity index (χ1v) is 11.3. The molecule has 1 heterocycles. The molecule has 30 heavy (non-hydrogen) atoms. The van der Waals surface area contributed by atoms with E-state index in [2.05, 4.69) is 34.6 Å². The lowest BCUT2D eigenvalue weighted by Crippen LogP contribution is -2.40. The van der Waals surface area contributed by atoms with Crippen molar-refractivity contribution in [3.8, 4) is 5.75 Å².